The van der Waals surface area contributed by atoms with Gasteiger partial charge in [0.05, 0.1) is 32.0 Å². The standard InChI is InChI=1S/C20H23N3O2.ClH/c1-13-8-9-15(10-14(13)2)17-12-23(20(21)22-17)11-16-18(24-3)6-5-7-19(16)25-4;/h5-10,12H,11H2,1-4H3,(H2,21,22);1H. The molecular formula is C20H24ClN3O2. The average Bonchev–Trinajstić information content (AvgIpc) is 2.98. The molecule has 26 heavy (non-hydrogen) atoms. The number of halogens is 1. The normalized spacial score (nSPS) is 10.3. The molecule has 0 aliphatic carbocycles. The van der Waals surface area contributed by atoms with Crippen LogP contribution < -0.4 is 15.2 Å². The minimum Gasteiger partial charge on any atom is -0.496 e. The van der Waals surface area contributed by atoms with E-state index in [1.807, 2.05) is 29.0 Å². The second-order valence-corrected chi connectivity index (χ2v) is 6.05. The number of nitrogens with two attached hydrogens (primary N) is 1. The van der Waals surface area contributed by atoms with Gasteiger partial charge in [-0.25, -0.2) is 4.98 Å². The number of rotatable bonds is 5. The van der Waals surface area contributed by atoms with E-state index in [9.17, 15) is 0 Å². The van der Waals surface area contributed by atoms with Gasteiger partial charge in [0.15, 0.2) is 0 Å². The maximum absolute atomic E-state index is 6.15. The largest absolute Gasteiger partial charge is 0.496 e. The highest BCUT2D eigenvalue weighted by Gasteiger charge is 2.14. The molecule has 3 rings (SSSR count). The first-order valence-electron chi connectivity index (χ1n) is 8.13. The minimum absolute atomic E-state index is 0. The Morgan fingerprint density at radius 3 is 2.23 bits per heavy atom. The topological polar surface area (TPSA) is 62.3 Å². The quantitative estimate of drug-likeness (QED) is 0.726. The summed E-state index contributed by atoms with van der Waals surface area (Å²) in [6, 6.07) is 12.0. The van der Waals surface area contributed by atoms with E-state index in [4.69, 9.17) is 15.2 Å². The average molecular weight is 374 g/mol. The number of nitrogen functional groups attached to an aromatic ring is 1. The van der Waals surface area contributed by atoms with Gasteiger partial charge in [-0.2, -0.15) is 0 Å². The Kier molecular flexibility index (Phi) is 6.16. The number of hydrogen-bond acceptors (Lipinski definition) is 4. The molecule has 1 aromatic heterocycles. The van der Waals surface area contributed by atoms with Crippen LogP contribution in [-0.4, -0.2) is 23.8 Å². The van der Waals surface area contributed by atoms with Gasteiger partial charge in [-0.1, -0.05) is 18.2 Å². The number of nitrogens with zero attached hydrogens (tertiary/aromatic N) is 2. The highest BCUT2D eigenvalue weighted by Crippen LogP contribution is 2.30. The fraction of sp³-hybridized carbons (Fsp3) is 0.250. The lowest BCUT2D eigenvalue weighted by Crippen LogP contribution is -2.06. The first kappa shape index (κ1) is 19.7. The van der Waals surface area contributed by atoms with Crippen molar-refractivity contribution in [3.8, 4) is 22.8 Å². The van der Waals surface area contributed by atoms with Gasteiger partial charge in [-0.3, -0.25) is 0 Å². The van der Waals surface area contributed by atoms with E-state index in [0.717, 1.165) is 28.3 Å². The number of imidazole rings is 1. The van der Waals surface area contributed by atoms with Crippen LogP contribution in [0.4, 0.5) is 5.95 Å². The lowest BCUT2D eigenvalue weighted by molar-refractivity contribution is 0.383. The Morgan fingerprint density at radius 1 is 1.00 bits per heavy atom. The molecule has 0 aliphatic heterocycles. The van der Waals surface area contributed by atoms with Crippen molar-refractivity contribution in [1.82, 2.24) is 9.55 Å². The maximum Gasteiger partial charge on any atom is 0.201 e. The third-order valence-electron chi connectivity index (χ3n) is 4.47. The van der Waals surface area contributed by atoms with Gasteiger partial charge in [-0.05, 0) is 43.2 Å². The van der Waals surface area contributed by atoms with Crippen molar-refractivity contribution in [2.45, 2.75) is 20.4 Å². The molecule has 0 saturated carbocycles. The monoisotopic (exact) mass is 373 g/mol. The lowest BCUT2D eigenvalue weighted by Gasteiger charge is -2.13. The van der Waals surface area contributed by atoms with Gasteiger partial charge in [0.2, 0.25) is 5.95 Å². The third kappa shape index (κ3) is 3.78. The van der Waals surface area contributed by atoms with Crippen molar-refractivity contribution in [2.75, 3.05) is 20.0 Å². The van der Waals surface area contributed by atoms with E-state index in [1.165, 1.54) is 11.1 Å². The molecule has 0 atom stereocenters. The zero-order valence-electron chi connectivity index (χ0n) is 15.4. The van der Waals surface area contributed by atoms with Crippen LogP contribution in [0.15, 0.2) is 42.6 Å². The summed E-state index contributed by atoms with van der Waals surface area (Å²) in [6.45, 7) is 4.72. The molecule has 2 aromatic carbocycles. The lowest BCUT2D eigenvalue weighted by atomic mass is 10.0. The molecule has 0 bridgehead atoms. The molecule has 0 saturated heterocycles. The summed E-state index contributed by atoms with van der Waals surface area (Å²) in [6.07, 6.45) is 1.96. The van der Waals surface area contributed by atoms with Crippen molar-refractivity contribution in [3.63, 3.8) is 0 Å². The molecule has 0 fully saturated rings. The number of hydrogen-bond donors (Lipinski definition) is 1. The highest BCUT2D eigenvalue weighted by atomic mass is 35.5. The molecule has 0 radical (unpaired) electrons. The van der Waals surface area contributed by atoms with Gasteiger partial charge in [0, 0.05) is 11.8 Å². The van der Waals surface area contributed by atoms with Crippen LogP contribution in [0.2, 0.25) is 0 Å². The maximum atomic E-state index is 6.15. The minimum atomic E-state index is 0. The summed E-state index contributed by atoms with van der Waals surface area (Å²) < 4.78 is 12.8. The van der Waals surface area contributed by atoms with Crippen LogP contribution in [-0.2, 0) is 6.54 Å². The number of aromatic nitrogens is 2. The van der Waals surface area contributed by atoms with Crippen molar-refractivity contribution in [2.24, 2.45) is 0 Å². The predicted octanol–water partition coefficient (Wildman–Crippen LogP) is 4.24. The molecule has 0 aliphatic rings. The first-order valence-corrected chi connectivity index (χ1v) is 8.13. The summed E-state index contributed by atoms with van der Waals surface area (Å²) in [5.74, 6) is 1.99. The Labute approximate surface area is 160 Å². The van der Waals surface area contributed by atoms with E-state index < -0.39 is 0 Å². The molecule has 2 N–H and O–H groups in total. The van der Waals surface area contributed by atoms with Crippen molar-refractivity contribution in [3.05, 3.63) is 59.3 Å². The van der Waals surface area contributed by atoms with E-state index in [0.29, 0.717) is 12.5 Å². The summed E-state index contributed by atoms with van der Waals surface area (Å²) in [4.78, 5) is 4.52. The molecule has 0 unspecified atom stereocenters. The highest BCUT2D eigenvalue weighted by molar-refractivity contribution is 5.85. The summed E-state index contributed by atoms with van der Waals surface area (Å²) in [7, 11) is 3.30. The molecule has 0 spiro atoms. The van der Waals surface area contributed by atoms with E-state index in [2.05, 4.69) is 37.0 Å². The molecule has 1 heterocycles. The Hall–Kier alpha value is -2.66. The van der Waals surface area contributed by atoms with Crippen LogP contribution >= 0.6 is 12.4 Å². The van der Waals surface area contributed by atoms with E-state index >= 15 is 0 Å². The molecule has 6 heteroatoms. The Bertz CT molecular complexity index is 884. The van der Waals surface area contributed by atoms with E-state index in [-0.39, 0.29) is 12.4 Å². The summed E-state index contributed by atoms with van der Waals surface area (Å²) in [5.41, 5.74) is 11.5. The zero-order valence-corrected chi connectivity index (χ0v) is 16.3. The molecule has 3 aromatic rings. The van der Waals surface area contributed by atoms with Crippen molar-refractivity contribution >= 4 is 18.4 Å². The van der Waals surface area contributed by atoms with Gasteiger partial charge < -0.3 is 19.8 Å². The van der Waals surface area contributed by atoms with Gasteiger partial charge in [-0.15, -0.1) is 12.4 Å². The van der Waals surface area contributed by atoms with Crippen LogP contribution in [0.5, 0.6) is 11.5 Å². The molecule has 0 amide bonds. The van der Waals surface area contributed by atoms with Crippen molar-refractivity contribution < 1.29 is 9.47 Å². The molecule has 5 nitrogen and oxygen atoms in total. The van der Waals surface area contributed by atoms with Crippen LogP contribution in [0.25, 0.3) is 11.3 Å². The van der Waals surface area contributed by atoms with Gasteiger partial charge in [0.1, 0.15) is 11.5 Å². The smallest absolute Gasteiger partial charge is 0.201 e. The van der Waals surface area contributed by atoms with Gasteiger partial charge in [0.25, 0.3) is 0 Å². The second kappa shape index (κ2) is 8.15. The Morgan fingerprint density at radius 2 is 1.65 bits per heavy atom. The molecular weight excluding hydrogens is 350 g/mol. The van der Waals surface area contributed by atoms with Crippen LogP contribution in [0, 0.1) is 13.8 Å². The van der Waals surface area contributed by atoms with Crippen molar-refractivity contribution in [1.29, 1.82) is 0 Å². The van der Waals surface area contributed by atoms with Crippen LogP contribution in [0.1, 0.15) is 16.7 Å². The number of methoxy groups -OCH3 is 2. The number of benzene rings is 2. The number of aryl methyl sites for hydroxylation is 2. The fourth-order valence-electron chi connectivity index (χ4n) is 2.85. The zero-order chi connectivity index (χ0) is 18.0. The number of ether oxygens (including phenoxy) is 2. The van der Waals surface area contributed by atoms with E-state index in [1.54, 1.807) is 14.2 Å². The number of anilines is 1. The van der Waals surface area contributed by atoms with Crippen LogP contribution in [0.3, 0.4) is 0 Å². The summed E-state index contributed by atoms with van der Waals surface area (Å²) in [5, 5.41) is 0. The second-order valence-electron chi connectivity index (χ2n) is 6.05. The van der Waals surface area contributed by atoms with Gasteiger partial charge >= 0.3 is 0 Å². The Balaban J connectivity index is 0.00000243. The predicted molar refractivity (Wildman–Crippen MR) is 107 cm³/mol. The first-order chi connectivity index (χ1) is 12.0. The third-order valence-corrected chi connectivity index (χ3v) is 4.47. The molecule has 138 valence electrons. The SMILES string of the molecule is COc1cccc(OC)c1Cn1cc(-c2ccc(C)c(C)c2)nc1N.Cl. The fourth-order valence-corrected chi connectivity index (χ4v) is 2.85. The summed E-state index contributed by atoms with van der Waals surface area (Å²) >= 11 is 0.